The van der Waals surface area contributed by atoms with Crippen molar-refractivity contribution >= 4 is 41.4 Å². The van der Waals surface area contributed by atoms with Gasteiger partial charge in [-0.2, -0.15) is 11.8 Å². The third kappa shape index (κ3) is 11.3. The van der Waals surface area contributed by atoms with Crippen LogP contribution in [-0.2, 0) is 30.4 Å². The van der Waals surface area contributed by atoms with Crippen molar-refractivity contribution in [2.75, 3.05) is 18.6 Å². The lowest BCUT2D eigenvalue weighted by molar-refractivity contribution is -0.142. The number of benzene rings is 1. The van der Waals surface area contributed by atoms with E-state index in [-0.39, 0.29) is 25.7 Å². The highest BCUT2D eigenvalue weighted by Gasteiger charge is 2.27. The molecule has 182 valence electrons. The molecule has 1 rings (SSSR count). The highest BCUT2D eigenvalue weighted by molar-refractivity contribution is 7.98. The predicted octanol–water partition coefficient (Wildman–Crippen LogP) is -0.655. The molecule has 33 heavy (non-hydrogen) atoms. The Labute approximate surface area is 195 Å². The van der Waals surface area contributed by atoms with E-state index >= 15 is 0 Å². The van der Waals surface area contributed by atoms with E-state index in [4.69, 9.17) is 10.8 Å². The molecule has 1 aromatic rings. The molecular weight excluding hydrogens is 452 g/mol. The van der Waals surface area contributed by atoms with Gasteiger partial charge >= 0.3 is 11.9 Å². The Kier molecular flexibility index (Phi) is 12.6. The molecule has 0 fully saturated rings. The summed E-state index contributed by atoms with van der Waals surface area (Å²) in [6.07, 6.45) is 1.79. The van der Waals surface area contributed by atoms with Crippen LogP contribution in [0.25, 0.3) is 0 Å². The fourth-order valence-electron chi connectivity index (χ4n) is 2.78. The first kappa shape index (κ1) is 27.9. The number of rotatable bonds is 15. The van der Waals surface area contributed by atoms with Crippen LogP contribution in [0.1, 0.15) is 24.8 Å². The molecule has 0 saturated heterocycles. The summed E-state index contributed by atoms with van der Waals surface area (Å²) in [4.78, 5) is 59.1. The second-order valence-electron chi connectivity index (χ2n) is 7.25. The molecule has 11 nitrogen and oxygen atoms in total. The molecule has 0 bridgehead atoms. The minimum absolute atomic E-state index is 0.0788. The minimum atomic E-state index is -1.20. The van der Waals surface area contributed by atoms with Gasteiger partial charge in [0, 0.05) is 12.8 Å². The van der Waals surface area contributed by atoms with Gasteiger partial charge in [0.2, 0.25) is 17.7 Å². The molecule has 12 heteroatoms. The lowest BCUT2D eigenvalue weighted by Crippen LogP contribution is -2.54. The maximum atomic E-state index is 12.7. The van der Waals surface area contributed by atoms with Crippen molar-refractivity contribution in [3.63, 3.8) is 0 Å². The second kappa shape index (κ2) is 14.9. The lowest BCUT2D eigenvalue weighted by Gasteiger charge is -2.22. The number of amides is 3. The first-order chi connectivity index (χ1) is 15.6. The third-order valence-corrected chi connectivity index (χ3v) is 5.23. The Balaban J connectivity index is 2.68. The monoisotopic (exact) mass is 482 g/mol. The van der Waals surface area contributed by atoms with Crippen molar-refractivity contribution < 1.29 is 34.2 Å². The average molecular weight is 483 g/mol. The number of hydrogen-bond donors (Lipinski definition) is 6. The first-order valence-corrected chi connectivity index (χ1v) is 11.6. The molecule has 0 heterocycles. The molecule has 0 aliphatic carbocycles. The maximum Gasteiger partial charge on any atom is 0.326 e. The average Bonchev–Trinajstić information content (AvgIpc) is 2.78. The Bertz CT molecular complexity index is 822. The number of carbonyl (C=O) groups excluding carboxylic acids is 3. The highest BCUT2D eigenvalue weighted by atomic mass is 32.2. The summed E-state index contributed by atoms with van der Waals surface area (Å²) in [5.74, 6) is -3.77. The number of carboxylic acids is 2. The van der Waals surface area contributed by atoms with Gasteiger partial charge in [-0.25, -0.2) is 4.79 Å². The smallest absolute Gasteiger partial charge is 0.326 e. The lowest BCUT2D eigenvalue weighted by atomic mass is 10.1. The number of hydrogen-bond acceptors (Lipinski definition) is 7. The molecule has 0 aliphatic rings. The van der Waals surface area contributed by atoms with Crippen molar-refractivity contribution in [1.29, 1.82) is 0 Å². The number of nitrogens with two attached hydrogens (primary N) is 1. The predicted molar refractivity (Wildman–Crippen MR) is 122 cm³/mol. The Morgan fingerprint density at radius 3 is 2.21 bits per heavy atom. The number of nitrogens with one attached hydrogen (secondary N) is 3. The van der Waals surface area contributed by atoms with Gasteiger partial charge in [0.05, 0.1) is 12.6 Å². The Morgan fingerprint density at radius 2 is 1.64 bits per heavy atom. The fraction of sp³-hybridized carbons (Fsp3) is 0.476. The molecule has 0 aromatic heterocycles. The number of carboxylic acid groups (broad SMARTS) is 2. The van der Waals surface area contributed by atoms with Crippen LogP contribution in [0.3, 0.4) is 0 Å². The normalized spacial score (nSPS) is 13.3. The van der Waals surface area contributed by atoms with Gasteiger partial charge in [-0.3, -0.25) is 19.2 Å². The summed E-state index contributed by atoms with van der Waals surface area (Å²) in [6.45, 7) is -0.463. The summed E-state index contributed by atoms with van der Waals surface area (Å²) in [5.41, 5.74) is 6.32. The van der Waals surface area contributed by atoms with Gasteiger partial charge in [-0.15, -0.1) is 0 Å². The Hall–Kier alpha value is -3.12. The van der Waals surface area contributed by atoms with E-state index in [1.165, 1.54) is 11.8 Å². The number of carbonyl (C=O) groups is 5. The zero-order valence-corrected chi connectivity index (χ0v) is 19.1. The van der Waals surface area contributed by atoms with Gasteiger partial charge in [0.25, 0.3) is 0 Å². The summed E-state index contributed by atoms with van der Waals surface area (Å²) in [5, 5.41) is 25.4. The topological polar surface area (TPSA) is 188 Å². The van der Waals surface area contributed by atoms with E-state index in [0.717, 1.165) is 5.56 Å². The molecule has 1 aromatic carbocycles. The van der Waals surface area contributed by atoms with Gasteiger partial charge in [0.1, 0.15) is 12.1 Å². The summed E-state index contributed by atoms with van der Waals surface area (Å²) < 4.78 is 0. The largest absolute Gasteiger partial charge is 0.481 e. The van der Waals surface area contributed by atoms with E-state index in [2.05, 4.69) is 16.0 Å². The van der Waals surface area contributed by atoms with E-state index in [1.54, 1.807) is 30.3 Å². The summed E-state index contributed by atoms with van der Waals surface area (Å²) >= 11 is 1.45. The van der Waals surface area contributed by atoms with Crippen LogP contribution < -0.4 is 21.7 Å². The van der Waals surface area contributed by atoms with Gasteiger partial charge < -0.3 is 31.9 Å². The SMILES string of the molecule is CSCCC(NC(=O)CNC(=O)C(N)CCC(=O)O)C(=O)NC(Cc1ccccc1)C(=O)O. The zero-order chi connectivity index (χ0) is 24.8. The van der Waals surface area contributed by atoms with Crippen molar-refractivity contribution in [3.05, 3.63) is 35.9 Å². The van der Waals surface area contributed by atoms with E-state index in [0.29, 0.717) is 5.75 Å². The van der Waals surface area contributed by atoms with Crippen molar-refractivity contribution in [3.8, 4) is 0 Å². The summed E-state index contributed by atoms with van der Waals surface area (Å²) in [7, 11) is 0. The maximum absolute atomic E-state index is 12.7. The molecule has 0 radical (unpaired) electrons. The van der Waals surface area contributed by atoms with Gasteiger partial charge in [-0.05, 0) is 30.4 Å². The molecule has 0 aliphatic heterocycles. The molecule has 3 amide bonds. The molecule has 0 saturated carbocycles. The van der Waals surface area contributed by atoms with E-state index < -0.39 is 54.3 Å². The van der Waals surface area contributed by atoms with E-state index in [9.17, 15) is 29.1 Å². The standard InChI is InChI=1S/C21H30N4O7S/c1-33-10-9-15(24-17(26)12-23-19(29)14(22)7-8-18(27)28)20(30)25-16(21(31)32)11-13-5-3-2-4-6-13/h2-6,14-16H,7-12,22H2,1H3,(H,23,29)(H,24,26)(H,25,30)(H,27,28)(H,31,32). The van der Waals surface area contributed by atoms with Crippen molar-refractivity contribution in [1.82, 2.24) is 16.0 Å². The van der Waals surface area contributed by atoms with Gasteiger partial charge in [-0.1, -0.05) is 30.3 Å². The summed E-state index contributed by atoms with van der Waals surface area (Å²) in [6, 6.07) is 5.56. The minimum Gasteiger partial charge on any atom is -0.481 e. The van der Waals surface area contributed by atoms with Crippen LogP contribution in [0.2, 0.25) is 0 Å². The van der Waals surface area contributed by atoms with Crippen LogP contribution in [0, 0.1) is 0 Å². The van der Waals surface area contributed by atoms with Crippen LogP contribution >= 0.6 is 11.8 Å². The molecule has 3 unspecified atom stereocenters. The third-order valence-electron chi connectivity index (χ3n) is 4.59. The quantitative estimate of drug-likeness (QED) is 0.189. The molecule has 3 atom stereocenters. The van der Waals surface area contributed by atoms with Gasteiger partial charge in [0.15, 0.2) is 0 Å². The Morgan fingerprint density at radius 1 is 0.970 bits per heavy atom. The van der Waals surface area contributed by atoms with Crippen LogP contribution in [-0.4, -0.2) is 76.6 Å². The zero-order valence-electron chi connectivity index (χ0n) is 18.3. The fourth-order valence-corrected chi connectivity index (χ4v) is 3.25. The second-order valence-corrected chi connectivity index (χ2v) is 8.23. The van der Waals surface area contributed by atoms with Crippen LogP contribution in [0.4, 0.5) is 0 Å². The van der Waals surface area contributed by atoms with Crippen LogP contribution in [0.5, 0.6) is 0 Å². The van der Waals surface area contributed by atoms with Crippen LogP contribution in [0.15, 0.2) is 30.3 Å². The molecule has 7 N–H and O–H groups in total. The number of aliphatic carboxylic acids is 2. The van der Waals surface area contributed by atoms with Crippen molar-refractivity contribution in [2.45, 2.75) is 43.8 Å². The first-order valence-electron chi connectivity index (χ1n) is 10.2. The molecule has 0 spiro atoms. The van der Waals surface area contributed by atoms with Crippen molar-refractivity contribution in [2.24, 2.45) is 5.73 Å². The van der Waals surface area contributed by atoms with E-state index in [1.807, 2.05) is 6.26 Å². The number of thioether (sulfide) groups is 1. The molecular formula is C21H30N4O7S. The highest BCUT2D eigenvalue weighted by Crippen LogP contribution is 2.06.